The first-order chi connectivity index (χ1) is 9.40. The average molecular weight is 316 g/mol. The van der Waals surface area contributed by atoms with Crippen LogP contribution in [0.1, 0.15) is 44.9 Å². The van der Waals surface area contributed by atoms with Crippen molar-refractivity contribution in [2.24, 2.45) is 5.92 Å². The van der Waals surface area contributed by atoms with Crippen LogP contribution < -0.4 is 10.0 Å². The summed E-state index contributed by atoms with van der Waals surface area (Å²) in [7, 11) is -3.40. The molecule has 1 heterocycles. The maximum atomic E-state index is 12.5. The molecule has 1 unspecified atom stereocenters. The number of thiophene rings is 1. The lowest BCUT2D eigenvalue weighted by Gasteiger charge is -2.31. The highest BCUT2D eigenvalue weighted by atomic mass is 32.2. The van der Waals surface area contributed by atoms with E-state index in [0.29, 0.717) is 23.4 Å². The second-order valence-corrected chi connectivity index (χ2v) is 8.53. The molecule has 1 atom stereocenters. The van der Waals surface area contributed by atoms with Crippen LogP contribution in [-0.2, 0) is 16.6 Å². The second kappa shape index (κ2) is 6.56. The molecule has 0 amide bonds. The van der Waals surface area contributed by atoms with Gasteiger partial charge >= 0.3 is 0 Å². The van der Waals surface area contributed by atoms with Crippen molar-refractivity contribution in [2.45, 2.75) is 63.6 Å². The minimum atomic E-state index is -3.40. The molecule has 0 saturated heterocycles. The summed E-state index contributed by atoms with van der Waals surface area (Å²) in [4.78, 5) is 1.31. The zero-order valence-electron chi connectivity index (χ0n) is 12.3. The Morgan fingerprint density at radius 1 is 1.35 bits per heavy atom. The van der Waals surface area contributed by atoms with Crippen LogP contribution in [0.2, 0.25) is 0 Å². The molecule has 114 valence electrons. The van der Waals surface area contributed by atoms with E-state index in [-0.39, 0.29) is 6.04 Å². The van der Waals surface area contributed by atoms with Crippen LogP contribution in [0, 0.1) is 5.92 Å². The average Bonchev–Trinajstić information content (AvgIpc) is 2.71. The van der Waals surface area contributed by atoms with Crippen LogP contribution in [0.15, 0.2) is 16.3 Å². The van der Waals surface area contributed by atoms with Crippen molar-refractivity contribution in [1.29, 1.82) is 0 Å². The fraction of sp³-hybridized carbons (Fsp3) is 0.714. The van der Waals surface area contributed by atoms with Crippen molar-refractivity contribution in [3.63, 3.8) is 0 Å². The zero-order chi connectivity index (χ0) is 14.8. The van der Waals surface area contributed by atoms with Gasteiger partial charge in [0.05, 0.1) is 4.90 Å². The van der Waals surface area contributed by atoms with Crippen LogP contribution in [0.3, 0.4) is 0 Å². The second-order valence-electron chi connectivity index (χ2n) is 5.84. The van der Waals surface area contributed by atoms with Crippen LogP contribution in [-0.4, -0.2) is 20.5 Å². The maximum Gasteiger partial charge on any atom is 0.241 e. The molecule has 20 heavy (non-hydrogen) atoms. The zero-order valence-corrected chi connectivity index (χ0v) is 14.0. The van der Waals surface area contributed by atoms with E-state index in [0.717, 1.165) is 17.7 Å². The van der Waals surface area contributed by atoms with E-state index in [4.69, 9.17) is 0 Å². The molecule has 2 N–H and O–H groups in total. The minimum absolute atomic E-state index is 0.0274. The Balaban J connectivity index is 2.06. The van der Waals surface area contributed by atoms with Gasteiger partial charge in [0.1, 0.15) is 0 Å². The molecule has 1 saturated carbocycles. The van der Waals surface area contributed by atoms with Crippen LogP contribution in [0.25, 0.3) is 0 Å². The van der Waals surface area contributed by atoms with Gasteiger partial charge in [0.2, 0.25) is 10.0 Å². The summed E-state index contributed by atoms with van der Waals surface area (Å²) in [5, 5.41) is 5.12. The SMILES string of the molecule is CC(C)NCc1sccc1S(=O)(=O)NC(C)C1CCC1. The predicted octanol–water partition coefficient (Wildman–Crippen LogP) is 2.71. The molecule has 0 spiro atoms. The Morgan fingerprint density at radius 3 is 2.60 bits per heavy atom. The van der Waals surface area contributed by atoms with Crippen molar-refractivity contribution >= 4 is 21.4 Å². The Morgan fingerprint density at radius 2 is 2.05 bits per heavy atom. The first-order valence-corrected chi connectivity index (χ1v) is 9.58. The van der Waals surface area contributed by atoms with Gasteiger partial charge in [-0.25, -0.2) is 13.1 Å². The molecule has 6 heteroatoms. The Hall–Kier alpha value is -0.430. The van der Waals surface area contributed by atoms with E-state index in [2.05, 4.69) is 23.9 Å². The Bertz CT molecular complexity index is 533. The van der Waals surface area contributed by atoms with Gasteiger partial charge in [-0.15, -0.1) is 11.3 Å². The van der Waals surface area contributed by atoms with Gasteiger partial charge in [-0.1, -0.05) is 20.3 Å². The first kappa shape index (κ1) is 15.9. The van der Waals surface area contributed by atoms with E-state index in [1.54, 1.807) is 6.07 Å². The van der Waals surface area contributed by atoms with E-state index >= 15 is 0 Å². The molecular weight excluding hydrogens is 292 g/mol. The van der Waals surface area contributed by atoms with Gasteiger partial charge in [0.15, 0.2) is 0 Å². The highest BCUT2D eigenvalue weighted by molar-refractivity contribution is 7.89. The third kappa shape index (κ3) is 3.81. The third-order valence-electron chi connectivity index (χ3n) is 3.86. The molecule has 1 aliphatic carbocycles. The van der Waals surface area contributed by atoms with Gasteiger partial charge in [0, 0.05) is 23.5 Å². The summed E-state index contributed by atoms with van der Waals surface area (Å²) in [6.45, 7) is 6.68. The molecule has 4 nitrogen and oxygen atoms in total. The van der Waals surface area contributed by atoms with Crippen LogP contribution in [0.4, 0.5) is 0 Å². The first-order valence-electron chi connectivity index (χ1n) is 7.22. The van der Waals surface area contributed by atoms with E-state index in [1.165, 1.54) is 17.8 Å². The molecule has 0 radical (unpaired) electrons. The normalized spacial score (nSPS) is 18.2. The van der Waals surface area contributed by atoms with Gasteiger partial charge in [-0.3, -0.25) is 0 Å². The lowest BCUT2D eigenvalue weighted by atomic mass is 9.81. The quantitative estimate of drug-likeness (QED) is 0.813. The van der Waals surface area contributed by atoms with Crippen molar-refractivity contribution in [3.05, 3.63) is 16.3 Å². The van der Waals surface area contributed by atoms with Crippen molar-refractivity contribution in [2.75, 3.05) is 0 Å². The van der Waals surface area contributed by atoms with Gasteiger partial charge in [-0.05, 0) is 37.1 Å². The summed E-state index contributed by atoms with van der Waals surface area (Å²) in [5.41, 5.74) is 0. The van der Waals surface area contributed by atoms with Crippen molar-refractivity contribution in [1.82, 2.24) is 10.0 Å². The van der Waals surface area contributed by atoms with E-state index < -0.39 is 10.0 Å². The molecule has 0 bridgehead atoms. The molecule has 2 rings (SSSR count). The van der Waals surface area contributed by atoms with Crippen molar-refractivity contribution < 1.29 is 8.42 Å². The predicted molar refractivity (Wildman–Crippen MR) is 83.4 cm³/mol. The Labute approximate surface area is 126 Å². The highest BCUT2D eigenvalue weighted by Gasteiger charge is 2.29. The molecule has 1 aromatic heterocycles. The summed E-state index contributed by atoms with van der Waals surface area (Å²) in [6.07, 6.45) is 3.49. The molecule has 0 aliphatic heterocycles. The fourth-order valence-corrected chi connectivity index (χ4v) is 5.05. The summed E-state index contributed by atoms with van der Waals surface area (Å²) in [6, 6.07) is 2.08. The summed E-state index contributed by atoms with van der Waals surface area (Å²) < 4.78 is 27.8. The number of nitrogens with one attached hydrogen (secondary N) is 2. The third-order valence-corrected chi connectivity index (χ3v) is 6.56. The number of hydrogen-bond donors (Lipinski definition) is 2. The van der Waals surface area contributed by atoms with E-state index in [9.17, 15) is 8.42 Å². The van der Waals surface area contributed by atoms with Crippen LogP contribution in [0.5, 0.6) is 0 Å². The van der Waals surface area contributed by atoms with Gasteiger partial charge in [-0.2, -0.15) is 0 Å². The lowest BCUT2D eigenvalue weighted by molar-refractivity contribution is 0.260. The molecule has 1 fully saturated rings. The minimum Gasteiger partial charge on any atom is -0.310 e. The molecule has 1 aliphatic rings. The number of rotatable bonds is 7. The summed E-state index contributed by atoms with van der Waals surface area (Å²) >= 11 is 1.49. The Kier molecular flexibility index (Phi) is 5.23. The topological polar surface area (TPSA) is 58.2 Å². The fourth-order valence-electron chi connectivity index (χ4n) is 2.34. The standard InChI is InChI=1S/C14H24N2O2S2/c1-10(2)15-9-13-14(7-8-19-13)20(17,18)16-11(3)12-5-4-6-12/h7-8,10-12,15-16H,4-6,9H2,1-3H3. The smallest absolute Gasteiger partial charge is 0.241 e. The monoisotopic (exact) mass is 316 g/mol. The maximum absolute atomic E-state index is 12.5. The molecule has 0 aromatic carbocycles. The van der Waals surface area contributed by atoms with E-state index in [1.807, 2.05) is 12.3 Å². The number of hydrogen-bond acceptors (Lipinski definition) is 4. The molecular formula is C14H24N2O2S2. The molecule has 1 aromatic rings. The van der Waals surface area contributed by atoms with Crippen molar-refractivity contribution in [3.8, 4) is 0 Å². The van der Waals surface area contributed by atoms with Gasteiger partial charge < -0.3 is 5.32 Å². The lowest BCUT2D eigenvalue weighted by Crippen LogP contribution is -2.40. The van der Waals surface area contributed by atoms with Crippen LogP contribution >= 0.6 is 11.3 Å². The summed E-state index contributed by atoms with van der Waals surface area (Å²) in [5.74, 6) is 0.501. The number of sulfonamides is 1. The largest absolute Gasteiger partial charge is 0.310 e. The highest BCUT2D eigenvalue weighted by Crippen LogP contribution is 2.30. The van der Waals surface area contributed by atoms with Gasteiger partial charge in [0.25, 0.3) is 0 Å².